The van der Waals surface area contributed by atoms with Gasteiger partial charge in [0.05, 0.1) is 36.4 Å². The number of amides is 1. The Morgan fingerprint density at radius 1 is 1.16 bits per heavy atom. The summed E-state index contributed by atoms with van der Waals surface area (Å²) in [4.78, 5) is 32.8. The molecule has 1 amide bonds. The summed E-state index contributed by atoms with van der Waals surface area (Å²) in [5.41, 5.74) is 2.65. The van der Waals surface area contributed by atoms with E-state index < -0.39 is 12.0 Å². The van der Waals surface area contributed by atoms with Gasteiger partial charge in [-0.1, -0.05) is 42.1 Å². The number of hydrogen-bond donors (Lipinski definition) is 1. The van der Waals surface area contributed by atoms with E-state index in [0.717, 1.165) is 35.9 Å². The van der Waals surface area contributed by atoms with Gasteiger partial charge in [0, 0.05) is 18.8 Å². The van der Waals surface area contributed by atoms with Gasteiger partial charge < -0.3 is 24.4 Å². The van der Waals surface area contributed by atoms with Gasteiger partial charge in [0.1, 0.15) is 11.5 Å². The largest absolute Gasteiger partial charge is 0.463 e. The summed E-state index contributed by atoms with van der Waals surface area (Å²) in [5, 5.41) is 5.65. The van der Waals surface area contributed by atoms with E-state index in [1.807, 2.05) is 71.8 Å². The first-order chi connectivity index (χ1) is 18.5. The number of carbonyl (C=O) groups is 2. The number of thioether (sulfide) groups is 1. The van der Waals surface area contributed by atoms with Crippen molar-refractivity contribution in [3.05, 3.63) is 82.5 Å². The number of rotatable bonds is 9. The monoisotopic (exact) mass is 533 g/mol. The molecule has 198 valence electrons. The third-order valence-corrected chi connectivity index (χ3v) is 7.43. The summed E-state index contributed by atoms with van der Waals surface area (Å²) >= 11 is 1.45. The number of ether oxygens (including phenoxy) is 3. The van der Waals surface area contributed by atoms with Crippen molar-refractivity contribution in [2.24, 2.45) is 4.99 Å². The number of benzene rings is 2. The molecule has 2 aromatic rings. The zero-order valence-corrected chi connectivity index (χ0v) is 22.3. The van der Waals surface area contributed by atoms with E-state index >= 15 is 0 Å². The van der Waals surface area contributed by atoms with Crippen molar-refractivity contribution >= 4 is 28.8 Å². The van der Waals surface area contributed by atoms with E-state index in [1.165, 1.54) is 11.8 Å². The fraction of sp³-hybridized carbons (Fsp3) is 0.345. The van der Waals surface area contributed by atoms with Crippen molar-refractivity contribution in [3.63, 3.8) is 0 Å². The predicted octanol–water partition coefficient (Wildman–Crippen LogP) is 5.30. The van der Waals surface area contributed by atoms with Crippen LogP contribution in [-0.4, -0.2) is 47.8 Å². The van der Waals surface area contributed by atoms with Crippen molar-refractivity contribution in [1.29, 1.82) is 0 Å². The van der Waals surface area contributed by atoms with E-state index in [2.05, 4.69) is 5.32 Å². The van der Waals surface area contributed by atoms with E-state index in [4.69, 9.17) is 19.2 Å². The minimum atomic E-state index is -0.520. The van der Waals surface area contributed by atoms with Crippen LogP contribution >= 0.6 is 11.8 Å². The van der Waals surface area contributed by atoms with E-state index in [-0.39, 0.29) is 25.0 Å². The highest BCUT2D eigenvalue weighted by atomic mass is 32.2. The lowest BCUT2D eigenvalue weighted by atomic mass is 9.93. The molecule has 8 nitrogen and oxygen atoms in total. The molecule has 5 rings (SSSR count). The van der Waals surface area contributed by atoms with Gasteiger partial charge in [0.15, 0.2) is 5.17 Å². The number of nitrogens with one attached hydrogen (secondary N) is 1. The molecule has 3 aliphatic rings. The number of carbonyl (C=O) groups excluding carboxylic acids is 2. The standard InChI is InChI=1S/C29H31N3O5S/c1-3-35-28(34)26-19(2)31-29-32(21(18-38-29)16-25(33)30-17-24-13-8-14-36-24)27(26)20-9-7-12-23(15-20)37-22-10-5-4-6-11-22/h4-7,9-12,15,18,24,27H,3,8,13-14,16-17H2,1-2H3,(H,30,33)/t24-,27-/m0/s1. The molecule has 3 heterocycles. The molecule has 38 heavy (non-hydrogen) atoms. The molecule has 1 N–H and O–H groups in total. The fourth-order valence-corrected chi connectivity index (χ4v) is 5.75. The minimum absolute atomic E-state index is 0.0686. The second-order valence-electron chi connectivity index (χ2n) is 9.22. The van der Waals surface area contributed by atoms with Crippen LogP contribution in [0.2, 0.25) is 0 Å². The topological polar surface area (TPSA) is 89.5 Å². The molecule has 1 fully saturated rings. The lowest BCUT2D eigenvalue weighted by Crippen LogP contribution is -2.38. The molecule has 0 unspecified atom stereocenters. The Kier molecular flexibility index (Phi) is 8.14. The number of allylic oxidation sites excluding steroid dienone is 1. The maximum absolute atomic E-state index is 13.2. The van der Waals surface area contributed by atoms with Crippen LogP contribution in [0.3, 0.4) is 0 Å². The SMILES string of the molecule is CCOC(=O)C1=C(C)N=C2SC=C(CC(=O)NC[C@@H]3CCCO3)N2[C@H]1c1cccc(Oc2ccccc2)c1. The number of esters is 1. The third kappa shape index (κ3) is 5.79. The number of aliphatic imine (C=N–C) groups is 1. The first-order valence-electron chi connectivity index (χ1n) is 12.9. The highest BCUT2D eigenvalue weighted by Gasteiger charge is 2.41. The van der Waals surface area contributed by atoms with Crippen LogP contribution in [-0.2, 0) is 19.1 Å². The fourth-order valence-electron chi connectivity index (χ4n) is 4.79. The molecule has 0 bridgehead atoms. The van der Waals surface area contributed by atoms with Gasteiger partial charge in [-0.15, -0.1) is 0 Å². The van der Waals surface area contributed by atoms with Gasteiger partial charge in [0.2, 0.25) is 5.91 Å². The van der Waals surface area contributed by atoms with Crippen LogP contribution in [0.4, 0.5) is 0 Å². The van der Waals surface area contributed by atoms with Crippen LogP contribution in [0.1, 0.15) is 44.7 Å². The Balaban J connectivity index is 1.44. The predicted molar refractivity (Wildman–Crippen MR) is 147 cm³/mol. The molecule has 3 aliphatic heterocycles. The maximum atomic E-state index is 13.2. The minimum Gasteiger partial charge on any atom is -0.463 e. The number of hydrogen-bond acceptors (Lipinski definition) is 8. The van der Waals surface area contributed by atoms with E-state index in [1.54, 1.807) is 6.92 Å². The normalized spacial score (nSPS) is 20.5. The molecule has 0 spiro atoms. The molecule has 2 atom stereocenters. The van der Waals surface area contributed by atoms with Gasteiger partial charge in [-0.3, -0.25) is 4.79 Å². The summed E-state index contributed by atoms with van der Waals surface area (Å²) in [6.45, 7) is 5.09. The lowest BCUT2D eigenvalue weighted by Gasteiger charge is -2.36. The third-order valence-electron chi connectivity index (χ3n) is 6.54. The first-order valence-corrected chi connectivity index (χ1v) is 13.7. The second kappa shape index (κ2) is 11.9. The van der Waals surface area contributed by atoms with Gasteiger partial charge in [0.25, 0.3) is 0 Å². The van der Waals surface area contributed by atoms with Crippen LogP contribution in [0.25, 0.3) is 0 Å². The lowest BCUT2D eigenvalue weighted by molar-refractivity contribution is -0.139. The maximum Gasteiger partial charge on any atom is 0.338 e. The van der Waals surface area contributed by atoms with Gasteiger partial charge in [-0.05, 0) is 61.9 Å². The van der Waals surface area contributed by atoms with Gasteiger partial charge in [-0.2, -0.15) is 0 Å². The van der Waals surface area contributed by atoms with Gasteiger partial charge >= 0.3 is 5.97 Å². The van der Waals surface area contributed by atoms with Crippen molar-refractivity contribution in [3.8, 4) is 11.5 Å². The number of nitrogens with zero attached hydrogens (tertiary/aromatic N) is 2. The molecule has 0 aromatic heterocycles. The quantitative estimate of drug-likeness (QED) is 0.438. The smallest absolute Gasteiger partial charge is 0.338 e. The van der Waals surface area contributed by atoms with Crippen LogP contribution < -0.4 is 10.1 Å². The number of amidine groups is 1. The van der Waals surface area contributed by atoms with E-state index in [0.29, 0.717) is 29.3 Å². The first kappa shape index (κ1) is 26.1. The van der Waals surface area contributed by atoms with Crippen LogP contribution in [0.15, 0.2) is 82.0 Å². The van der Waals surface area contributed by atoms with Gasteiger partial charge in [-0.25, -0.2) is 9.79 Å². The average molecular weight is 534 g/mol. The molecule has 0 saturated carbocycles. The summed E-state index contributed by atoms with van der Waals surface area (Å²) in [7, 11) is 0. The second-order valence-corrected chi connectivity index (χ2v) is 10.1. The summed E-state index contributed by atoms with van der Waals surface area (Å²) < 4.78 is 17.2. The molecule has 1 saturated heterocycles. The Morgan fingerprint density at radius 3 is 2.74 bits per heavy atom. The molecular formula is C29H31N3O5S. The molecule has 9 heteroatoms. The summed E-state index contributed by atoms with van der Waals surface area (Å²) in [6.07, 6.45) is 2.20. The molecule has 2 aromatic carbocycles. The summed E-state index contributed by atoms with van der Waals surface area (Å²) in [6, 6.07) is 16.7. The Morgan fingerprint density at radius 2 is 1.97 bits per heavy atom. The van der Waals surface area contributed by atoms with E-state index in [9.17, 15) is 9.59 Å². The Bertz CT molecular complexity index is 1280. The highest BCUT2D eigenvalue weighted by molar-refractivity contribution is 8.16. The highest BCUT2D eigenvalue weighted by Crippen LogP contribution is 2.45. The number of para-hydroxylation sites is 1. The van der Waals surface area contributed by atoms with Crippen LogP contribution in [0, 0.1) is 0 Å². The zero-order valence-electron chi connectivity index (χ0n) is 21.5. The molecule has 0 aliphatic carbocycles. The zero-order chi connectivity index (χ0) is 26.5. The van der Waals surface area contributed by atoms with Crippen LogP contribution in [0.5, 0.6) is 11.5 Å². The summed E-state index contributed by atoms with van der Waals surface area (Å²) in [5.74, 6) is 0.835. The van der Waals surface area contributed by atoms with Crippen molar-refractivity contribution in [1.82, 2.24) is 10.2 Å². The number of fused-ring (bicyclic) bond motifs is 1. The molecular weight excluding hydrogens is 502 g/mol. The van der Waals surface area contributed by atoms with Crippen molar-refractivity contribution < 1.29 is 23.8 Å². The Labute approximate surface area is 226 Å². The Hall–Kier alpha value is -3.56. The molecule has 0 radical (unpaired) electrons. The average Bonchev–Trinajstić information content (AvgIpc) is 3.58. The van der Waals surface area contributed by atoms with Crippen molar-refractivity contribution in [2.75, 3.05) is 19.8 Å². The van der Waals surface area contributed by atoms with Crippen molar-refractivity contribution in [2.45, 2.75) is 45.3 Å².